The Bertz CT molecular complexity index is 557. The van der Waals surface area contributed by atoms with E-state index >= 15 is 0 Å². The summed E-state index contributed by atoms with van der Waals surface area (Å²) in [5.41, 5.74) is 7.03. The van der Waals surface area contributed by atoms with E-state index in [9.17, 15) is 8.78 Å². The molecular weight excluding hydrogens is 256 g/mol. The van der Waals surface area contributed by atoms with E-state index in [0.29, 0.717) is 5.02 Å². The van der Waals surface area contributed by atoms with E-state index in [1.54, 1.807) is 18.2 Å². The average Bonchev–Trinajstić information content (AvgIpc) is 2.34. The lowest BCUT2D eigenvalue weighted by Gasteiger charge is -2.13. The minimum absolute atomic E-state index is 0.226. The molecule has 0 spiro atoms. The van der Waals surface area contributed by atoms with Crippen LogP contribution < -0.4 is 5.73 Å². The predicted octanol–water partition coefficient (Wildman–Crippen LogP) is 3.86. The Kier molecular flexibility index (Phi) is 3.94. The van der Waals surface area contributed by atoms with Crippen molar-refractivity contribution in [1.82, 2.24) is 0 Å². The summed E-state index contributed by atoms with van der Waals surface area (Å²) in [6, 6.07) is 10.00. The smallest absolute Gasteiger partial charge is 0.126 e. The van der Waals surface area contributed by atoms with Crippen LogP contribution in [0.4, 0.5) is 8.78 Å². The van der Waals surface area contributed by atoms with E-state index in [1.165, 1.54) is 6.07 Å². The molecule has 2 aromatic rings. The molecule has 0 aliphatic rings. The van der Waals surface area contributed by atoms with Crippen LogP contribution in [0.2, 0.25) is 5.02 Å². The van der Waals surface area contributed by atoms with Crippen molar-refractivity contribution in [2.24, 2.45) is 5.73 Å². The molecule has 4 heteroatoms. The Labute approximate surface area is 109 Å². The summed E-state index contributed by atoms with van der Waals surface area (Å²) >= 11 is 5.86. The molecule has 94 valence electrons. The van der Waals surface area contributed by atoms with Gasteiger partial charge < -0.3 is 5.73 Å². The molecule has 0 aliphatic heterocycles. The lowest BCUT2D eigenvalue weighted by Crippen LogP contribution is -2.14. The van der Waals surface area contributed by atoms with Gasteiger partial charge in [-0.05, 0) is 47.9 Å². The molecule has 18 heavy (non-hydrogen) atoms. The van der Waals surface area contributed by atoms with Gasteiger partial charge in [-0.3, -0.25) is 0 Å². The summed E-state index contributed by atoms with van der Waals surface area (Å²) in [4.78, 5) is 0. The zero-order valence-corrected chi connectivity index (χ0v) is 10.3. The van der Waals surface area contributed by atoms with Crippen molar-refractivity contribution in [2.75, 3.05) is 0 Å². The van der Waals surface area contributed by atoms with Crippen LogP contribution in [0.25, 0.3) is 0 Å². The second kappa shape index (κ2) is 5.46. The topological polar surface area (TPSA) is 26.0 Å². The molecule has 0 saturated carbocycles. The lowest BCUT2D eigenvalue weighted by molar-refractivity contribution is 0.572. The Hall–Kier alpha value is -1.45. The van der Waals surface area contributed by atoms with Gasteiger partial charge in [-0.2, -0.15) is 0 Å². The van der Waals surface area contributed by atoms with Crippen molar-refractivity contribution in [3.8, 4) is 0 Å². The SMILES string of the molecule is NC(Cc1cc(F)ccc1F)c1cccc(Cl)c1. The molecule has 2 aromatic carbocycles. The molecule has 0 heterocycles. The molecular formula is C14H12ClF2N. The highest BCUT2D eigenvalue weighted by Gasteiger charge is 2.11. The average molecular weight is 268 g/mol. The number of hydrogen-bond donors (Lipinski definition) is 1. The molecule has 1 nitrogen and oxygen atoms in total. The first-order valence-electron chi connectivity index (χ1n) is 5.51. The first-order valence-corrected chi connectivity index (χ1v) is 5.89. The molecule has 0 amide bonds. The van der Waals surface area contributed by atoms with E-state index in [0.717, 1.165) is 17.7 Å². The summed E-state index contributed by atoms with van der Waals surface area (Å²) in [6.45, 7) is 0. The fourth-order valence-electron chi connectivity index (χ4n) is 1.79. The third-order valence-electron chi connectivity index (χ3n) is 2.72. The molecule has 1 unspecified atom stereocenters. The summed E-state index contributed by atoms with van der Waals surface area (Å²) in [5, 5.41) is 0.572. The van der Waals surface area contributed by atoms with Gasteiger partial charge in [-0.1, -0.05) is 23.7 Å². The highest BCUT2D eigenvalue weighted by molar-refractivity contribution is 6.30. The van der Waals surface area contributed by atoms with Gasteiger partial charge >= 0.3 is 0 Å². The van der Waals surface area contributed by atoms with Crippen molar-refractivity contribution >= 4 is 11.6 Å². The van der Waals surface area contributed by atoms with Crippen LogP contribution in [0.3, 0.4) is 0 Å². The number of nitrogens with two attached hydrogens (primary N) is 1. The standard InChI is InChI=1S/C14H12ClF2N/c15-11-3-1-2-9(6-11)14(18)8-10-7-12(16)4-5-13(10)17/h1-7,14H,8,18H2. The third-order valence-corrected chi connectivity index (χ3v) is 2.96. The number of rotatable bonds is 3. The fraction of sp³-hybridized carbons (Fsp3) is 0.143. The summed E-state index contributed by atoms with van der Waals surface area (Å²) < 4.78 is 26.5. The largest absolute Gasteiger partial charge is 0.324 e. The maximum absolute atomic E-state index is 13.5. The Morgan fingerprint density at radius 1 is 1.11 bits per heavy atom. The number of benzene rings is 2. The Morgan fingerprint density at radius 3 is 2.61 bits per heavy atom. The van der Waals surface area contributed by atoms with E-state index in [4.69, 9.17) is 17.3 Å². The van der Waals surface area contributed by atoms with Gasteiger partial charge in [0, 0.05) is 11.1 Å². The quantitative estimate of drug-likeness (QED) is 0.898. The van der Waals surface area contributed by atoms with Crippen molar-refractivity contribution < 1.29 is 8.78 Å². The number of halogens is 3. The normalized spacial score (nSPS) is 12.4. The van der Waals surface area contributed by atoms with Gasteiger partial charge in [-0.15, -0.1) is 0 Å². The fourth-order valence-corrected chi connectivity index (χ4v) is 1.99. The van der Waals surface area contributed by atoms with Crippen LogP contribution in [-0.4, -0.2) is 0 Å². The molecule has 0 aromatic heterocycles. The predicted molar refractivity (Wildman–Crippen MR) is 68.4 cm³/mol. The first kappa shape index (κ1) is 13.0. The lowest BCUT2D eigenvalue weighted by atomic mass is 9.99. The maximum atomic E-state index is 13.5. The molecule has 0 bridgehead atoms. The minimum atomic E-state index is -0.468. The van der Waals surface area contributed by atoms with Crippen molar-refractivity contribution in [3.63, 3.8) is 0 Å². The van der Waals surface area contributed by atoms with Gasteiger partial charge in [0.2, 0.25) is 0 Å². The van der Waals surface area contributed by atoms with Gasteiger partial charge in [0.05, 0.1) is 0 Å². The molecule has 1 atom stereocenters. The Morgan fingerprint density at radius 2 is 1.89 bits per heavy atom. The summed E-state index contributed by atoms with van der Waals surface area (Å²) in [7, 11) is 0. The van der Waals surface area contributed by atoms with E-state index in [1.807, 2.05) is 6.07 Å². The first-order chi connectivity index (χ1) is 8.56. The Balaban J connectivity index is 2.21. The summed E-state index contributed by atoms with van der Waals surface area (Å²) in [5.74, 6) is -0.918. The highest BCUT2D eigenvalue weighted by Crippen LogP contribution is 2.21. The van der Waals surface area contributed by atoms with E-state index < -0.39 is 17.7 Å². The highest BCUT2D eigenvalue weighted by atomic mass is 35.5. The molecule has 2 rings (SSSR count). The van der Waals surface area contributed by atoms with Crippen molar-refractivity contribution in [1.29, 1.82) is 0 Å². The van der Waals surface area contributed by atoms with Crippen LogP contribution in [-0.2, 0) is 6.42 Å². The van der Waals surface area contributed by atoms with Crippen molar-refractivity contribution in [2.45, 2.75) is 12.5 Å². The van der Waals surface area contributed by atoms with Crippen molar-refractivity contribution in [3.05, 3.63) is 70.2 Å². The van der Waals surface area contributed by atoms with Crippen LogP contribution in [0, 0.1) is 11.6 Å². The van der Waals surface area contributed by atoms with Crippen LogP contribution in [0.15, 0.2) is 42.5 Å². The molecule has 0 fully saturated rings. The van der Waals surface area contributed by atoms with Crippen LogP contribution in [0.1, 0.15) is 17.2 Å². The van der Waals surface area contributed by atoms with Gasteiger partial charge in [0.25, 0.3) is 0 Å². The number of hydrogen-bond acceptors (Lipinski definition) is 1. The zero-order valence-electron chi connectivity index (χ0n) is 9.54. The van der Waals surface area contributed by atoms with Gasteiger partial charge in [-0.25, -0.2) is 8.78 Å². The third kappa shape index (κ3) is 3.06. The zero-order chi connectivity index (χ0) is 13.1. The monoisotopic (exact) mass is 267 g/mol. The second-order valence-electron chi connectivity index (χ2n) is 4.10. The summed E-state index contributed by atoms with van der Waals surface area (Å²) in [6.07, 6.45) is 0.226. The van der Waals surface area contributed by atoms with E-state index in [-0.39, 0.29) is 12.0 Å². The molecule has 0 radical (unpaired) electrons. The maximum Gasteiger partial charge on any atom is 0.126 e. The second-order valence-corrected chi connectivity index (χ2v) is 4.54. The molecule has 0 aliphatic carbocycles. The molecule has 2 N–H and O–H groups in total. The van der Waals surface area contributed by atoms with Gasteiger partial charge in [0.1, 0.15) is 11.6 Å². The van der Waals surface area contributed by atoms with Crippen LogP contribution in [0.5, 0.6) is 0 Å². The van der Waals surface area contributed by atoms with Crippen LogP contribution >= 0.6 is 11.6 Å². The van der Waals surface area contributed by atoms with E-state index in [2.05, 4.69) is 0 Å². The minimum Gasteiger partial charge on any atom is -0.324 e. The molecule has 0 saturated heterocycles. The van der Waals surface area contributed by atoms with Gasteiger partial charge in [0.15, 0.2) is 0 Å².